The van der Waals surface area contributed by atoms with Gasteiger partial charge in [-0.1, -0.05) is 13.8 Å². The van der Waals surface area contributed by atoms with E-state index in [1.807, 2.05) is 13.8 Å². The van der Waals surface area contributed by atoms with E-state index in [9.17, 15) is 13.6 Å². The Labute approximate surface area is 128 Å². The molecule has 0 unspecified atom stereocenters. The van der Waals surface area contributed by atoms with E-state index in [0.717, 1.165) is 0 Å². The Morgan fingerprint density at radius 3 is 2.41 bits per heavy atom. The molecule has 0 aliphatic heterocycles. The van der Waals surface area contributed by atoms with Crippen molar-refractivity contribution in [2.45, 2.75) is 32.9 Å². The van der Waals surface area contributed by atoms with Gasteiger partial charge in [-0.05, 0) is 37.1 Å². The molecule has 0 saturated heterocycles. The number of nitriles is 1. The van der Waals surface area contributed by atoms with Gasteiger partial charge in [-0.15, -0.1) is 0 Å². The van der Waals surface area contributed by atoms with Gasteiger partial charge in [0.1, 0.15) is 11.3 Å². The van der Waals surface area contributed by atoms with Crippen molar-refractivity contribution in [3.8, 4) is 11.8 Å². The molecule has 7 heteroatoms. The molecule has 120 valence electrons. The van der Waals surface area contributed by atoms with Crippen LogP contribution in [0, 0.1) is 17.2 Å². The molecular weight excluding hydrogens is 292 g/mol. The highest BCUT2D eigenvalue weighted by Crippen LogP contribution is 2.18. The van der Waals surface area contributed by atoms with Crippen LogP contribution in [0.2, 0.25) is 0 Å². The van der Waals surface area contributed by atoms with Gasteiger partial charge >= 0.3 is 6.61 Å². The van der Waals surface area contributed by atoms with Gasteiger partial charge in [-0.3, -0.25) is 4.79 Å². The lowest BCUT2D eigenvalue weighted by Gasteiger charge is -2.27. The van der Waals surface area contributed by atoms with Crippen LogP contribution in [0.1, 0.15) is 20.8 Å². The van der Waals surface area contributed by atoms with E-state index < -0.39 is 12.2 Å². The zero-order valence-electron chi connectivity index (χ0n) is 12.7. The second-order valence-electron chi connectivity index (χ2n) is 5.27. The fraction of sp³-hybridized carbons (Fsp3) is 0.467. The number of amides is 1. The van der Waals surface area contributed by atoms with Crippen LogP contribution in [-0.4, -0.2) is 24.6 Å². The summed E-state index contributed by atoms with van der Waals surface area (Å²) in [6.07, 6.45) is 0. The van der Waals surface area contributed by atoms with E-state index in [4.69, 9.17) is 5.26 Å². The molecule has 0 spiro atoms. The molecule has 0 heterocycles. The van der Waals surface area contributed by atoms with Crippen molar-refractivity contribution in [1.82, 2.24) is 5.32 Å². The third-order valence-corrected chi connectivity index (χ3v) is 3.32. The maximum Gasteiger partial charge on any atom is 0.387 e. The van der Waals surface area contributed by atoms with Crippen LogP contribution >= 0.6 is 0 Å². The first-order valence-corrected chi connectivity index (χ1v) is 6.78. The first kappa shape index (κ1) is 17.7. The molecule has 1 atom stereocenters. The summed E-state index contributed by atoms with van der Waals surface area (Å²) >= 11 is 0. The number of alkyl halides is 2. The number of rotatable bonds is 7. The molecule has 1 amide bonds. The van der Waals surface area contributed by atoms with E-state index >= 15 is 0 Å². The highest BCUT2D eigenvalue weighted by molar-refractivity contribution is 5.81. The summed E-state index contributed by atoms with van der Waals surface area (Å²) in [7, 11) is 0. The third-order valence-electron chi connectivity index (χ3n) is 3.32. The summed E-state index contributed by atoms with van der Waals surface area (Å²) in [5, 5.41) is 14.6. The molecule has 0 saturated carbocycles. The first-order valence-electron chi connectivity index (χ1n) is 6.78. The second kappa shape index (κ2) is 7.59. The fourth-order valence-corrected chi connectivity index (χ4v) is 1.57. The first-order chi connectivity index (χ1) is 10.3. The molecule has 0 aliphatic rings. The van der Waals surface area contributed by atoms with Crippen molar-refractivity contribution in [1.29, 1.82) is 5.26 Å². The zero-order valence-corrected chi connectivity index (χ0v) is 12.7. The predicted octanol–water partition coefficient (Wildman–Crippen LogP) is 2.75. The number of ether oxygens (including phenoxy) is 1. The third kappa shape index (κ3) is 5.20. The van der Waals surface area contributed by atoms with Crippen molar-refractivity contribution >= 4 is 11.6 Å². The standard InChI is InChI=1S/C15H19F2N3O2/c1-10(2)15(3,9-18)20-13(21)8-19-11-4-6-12(7-5-11)22-14(16)17/h4-7,10,14,19H,8H2,1-3H3,(H,20,21)/t15-/m1/s1. The van der Waals surface area contributed by atoms with E-state index in [1.54, 1.807) is 6.92 Å². The highest BCUT2D eigenvalue weighted by atomic mass is 19.3. The van der Waals surface area contributed by atoms with Crippen molar-refractivity contribution in [3.05, 3.63) is 24.3 Å². The number of anilines is 1. The maximum absolute atomic E-state index is 12.0. The lowest BCUT2D eigenvalue weighted by Crippen LogP contribution is -2.50. The Balaban J connectivity index is 2.52. The number of benzene rings is 1. The Morgan fingerprint density at radius 2 is 1.95 bits per heavy atom. The molecule has 0 radical (unpaired) electrons. The Bertz CT molecular complexity index is 541. The Morgan fingerprint density at radius 1 is 1.36 bits per heavy atom. The maximum atomic E-state index is 12.0. The van der Waals surface area contributed by atoms with Gasteiger partial charge in [-0.25, -0.2) is 0 Å². The Hall–Kier alpha value is -2.36. The van der Waals surface area contributed by atoms with Crippen LogP contribution in [0.15, 0.2) is 24.3 Å². The molecular formula is C15H19F2N3O2. The van der Waals surface area contributed by atoms with Crippen molar-refractivity contribution in [2.75, 3.05) is 11.9 Å². The van der Waals surface area contributed by atoms with Crippen LogP contribution < -0.4 is 15.4 Å². The van der Waals surface area contributed by atoms with Gasteiger partial charge in [0.05, 0.1) is 12.6 Å². The topological polar surface area (TPSA) is 74.2 Å². The summed E-state index contributed by atoms with van der Waals surface area (Å²) < 4.78 is 28.3. The van der Waals surface area contributed by atoms with Gasteiger partial charge in [0, 0.05) is 5.69 Å². The van der Waals surface area contributed by atoms with Gasteiger partial charge in [0.15, 0.2) is 0 Å². The lowest BCUT2D eigenvalue weighted by atomic mass is 9.90. The minimum atomic E-state index is -2.87. The molecule has 0 bridgehead atoms. The molecule has 1 aromatic carbocycles. The number of nitrogens with one attached hydrogen (secondary N) is 2. The van der Waals surface area contributed by atoms with Crippen LogP contribution in [0.4, 0.5) is 14.5 Å². The summed E-state index contributed by atoms with van der Waals surface area (Å²) in [5.41, 5.74) is -0.353. The van der Waals surface area contributed by atoms with Gasteiger partial charge in [0.2, 0.25) is 5.91 Å². The van der Waals surface area contributed by atoms with E-state index in [0.29, 0.717) is 5.69 Å². The minimum Gasteiger partial charge on any atom is -0.435 e. The summed E-state index contributed by atoms with van der Waals surface area (Å²) in [6.45, 7) is 2.45. The normalized spacial score (nSPS) is 13.4. The number of carbonyl (C=O) groups excluding carboxylic acids is 1. The number of hydrogen-bond acceptors (Lipinski definition) is 4. The number of nitrogens with zero attached hydrogens (tertiary/aromatic N) is 1. The molecule has 1 rings (SSSR count). The molecule has 5 nitrogen and oxygen atoms in total. The van der Waals surface area contributed by atoms with Crippen molar-refractivity contribution in [3.63, 3.8) is 0 Å². The monoisotopic (exact) mass is 311 g/mol. The smallest absolute Gasteiger partial charge is 0.387 e. The highest BCUT2D eigenvalue weighted by Gasteiger charge is 2.29. The van der Waals surface area contributed by atoms with Crippen molar-refractivity contribution < 1.29 is 18.3 Å². The molecule has 2 N–H and O–H groups in total. The summed E-state index contributed by atoms with van der Waals surface area (Å²) in [6, 6.07) is 7.88. The van der Waals surface area contributed by atoms with Crippen LogP contribution in [0.25, 0.3) is 0 Å². The second-order valence-corrected chi connectivity index (χ2v) is 5.27. The van der Waals surface area contributed by atoms with Crippen LogP contribution in [0.3, 0.4) is 0 Å². The van der Waals surface area contributed by atoms with Gasteiger partial charge in [0.25, 0.3) is 0 Å². The molecule has 0 fully saturated rings. The summed E-state index contributed by atoms with van der Waals surface area (Å²) in [5.74, 6) is -0.320. The quantitative estimate of drug-likeness (QED) is 0.812. The minimum absolute atomic E-state index is 0.0287. The largest absolute Gasteiger partial charge is 0.435 e. The van der Waals surface area contributed by atoms with Gasteiger partial charge in [-0.2, -0.15) is 14.0 Å². The van der Waals surface area contributed by atoms with Gasteiger partial charge < -0.3 is 15.4 Å². The van der Waals surface area contributed by atoms with E-state index in [1.165, 1.54) is 24.3 Å². The van der Waals surface area contributed by atoms with Crippen LogP contribution in [-0.2, 0) is 4.79 Å². The average Bonchev–Trinajstić information content (AvgIpc) is 2.45. The molecule has 0 aromatic heterocycles. The molecule has 22 heavy (non-hydrogen) atoms. The van der Waals surface area contributed by atoms with E-state index in [-0.39, 0.29) is 24.1 Å². The number of halogens is 2. The SMILES string of the molecule is CC(C)[C@@](C)(C#N)NC(=O)CNc1ccc(OC(F)F)cc1. The average molecular weight is 311 g/mol. The Kier molecular flexibility index (Phi) is 6.11. The zero-order chi connectivity index (χ0) is 16.8. The van der Waals surface area contributed by atoms with Crippen LogP contribution in [0.5, 0.6) is 5.75 Å². The number of hydrogen-bond donors (Lipinski definition) is 2. The predicted molar refractivity (Wildman–Crippen MR) is 78.6 cm³/mol. The molecule has 1 aromatic rings. The lowest BCUT2D eigenvalue weighted by molar-refractivity contribution is -0.121. The van der Waals surface area contributed by atoms with E-state index in [2.05, 4.69) is 21.4 Å². The number of carbonyl (C=O) groups is 1. The summed E-state index contributed by atoms with van der Waals surface area (Å²) in [4.78, 5) is 11.9. The fourth-order valence-electron chi connectivity index (χ4n) is 1.57. The molecule has 0 aliphatic carbocycles. The van der Waals surface area contributed by atoms with Crippen molar-refractivity contribution in [2.24, 2.45) is 5.92 Å².